The van der Waals surface area contributed by atoms with Gasteiger partial charge in [-0.15, -0.1) is 0 Å². The Morgan fingerprint density at radius 1 is 1.03 bits per heavy atom. The lowest BCUT2D eigenvalue weighted by Gasteiger charge is -2.32. The van der Waals surface area contributed by atoms with Gasteiger partial charge in [-0.3, -0.25) is 4.79 Å². The second-order valence-electron chi connectivity index (χ2n) is 7.29. The smallest absolute Gasteiger partial charge is 0.260 e. The Bertz CT molecular complexity index is 973. The lowest BCUT2D eigenvalue weighted by Crippen LogP contribution is -2.43. The van der Waals surface area contributed by atoms with E-state index in [4.69, 9.17) is 14.2 Å². The SMILES string of the molecule is COc1ccc(S(=O)(=O)NCC2CCN(C(=O)COc3ccccc3)CC2)cc1OC. The molecule has 1 saturated heterocycles. The number of amides is 1. The molecule has 0 spiro atoms. The molecule has 0 aromatic heterocycles. The number of nitrogens with zero attached hydrogens (tertiary/aromatic N) is 1. The zero-order valence-corrected chi connectivity index (χ0v) is 18.6. The molecule has 1 heterocycles. The summed E-state index contributed by atoms with van der Waals surface area (Å²) in [6.07, 6.45) is 1.46. The second-order valence-corrected chi connectivity index (χ2v) is 9.06. The number of ether oxygens (including phenoxy) is 3. The lowest BCUT2D eigenvalue weighted by atomic mass is 9.97. The fourth-order valence-corrected chi connectivity index (χ4v) is 4.57. The van der Waals surface area contributed by atoms with Crippen LogP contribution in [0.4, 0.5) is 0 Å². The van der Waals surface area contributed by atoms with Crippen LogP contribution in [-0.2, 0) is 14.8 Å². The van der Waals surface area contributed by atoms with Crippen LogP contribution < -0.4 is 18.9 Å². The summed E-state index contributed by atoms with van der Waals surface area (Å²) in [6.45, 7) is 1.49. The van der Waals surface area contributed by atoms with Gasteiger partial charge >= 0.3 is 0 Å². The van der Waals surface area contributed by atoms with E-state index in [1.807, 2.05) is 30.3 Å². The molecule has 0 saturated carbocycles. The van der Waals surface area contributed by atoms with Crippen LogP contribution in [0.5, 0.6) is 17.2 Å². The fourth-order valence-electron chi connectivity index (χ4n) is 3.43. The summed E-state index contributed by atoms with van der Waals surface area (Å²) >= 11 is 0. The maximum absolute atomic E-state index is 12.6. The van der Waals surface area contributed by atoms with Crippen molar-refractivity contribution in [2.45, 2.75) is 17.7 Å². The normalized spacial score (nSPS) is 14.8. The summed E-state index contributed by atoms with van der Waals surface area (Å²) in [5, 5.41) is 0. The van der Waals surface area contributed by atoms with Crippen molar-refractivity contribution in [1.82, 2.24) is 9.62 Å². The van der Waals surface area contributed by atoms with E-state index in [0.29, 0.717) is 36.9 Å². The number of hydrogen-bond donors (Lipinski definition) is 1. The number of rotatable bonds is 9. The minimum atomic E-state index is -3.67. The van der Waals surface area contributed by atoms with Crippen LogP contribution in [0.25, 0.3) is 0 Å². The van der Waals surface area contributed by atoms with Crippen LogP contribution in [0.3, 0.4) is 0 Å². The molecule has 0 aliphatic carbocycles. The van der Waals surface area contributed by atoms with Crippen LogP contribution in [0.1, 0.15) is 12.8 Å². The Kier molecular flexibility index (Phi) is 7.75. The number of para-hydroxylation sites is 1. The first kappa shape index (κ1) is 22.9. The van der Waals surface area contributed by atoms with Gasteiger partial charge in [0.05, 0.1) is 19.1 Å². The van der Waals surface area contributed by atoms with Gasteiger partial charge in [0.2, 0.25) is 10.0 Å². The number of carbonyl (C=O) groups excluding carboxylic acids is 1. The highest BCUT2D eigenvalue weighted by atomic mass is 32.2. The zero-order valence-electron chi connectivity index (χ0n) is 17.7. The second kappa shape index (κ2) is 10.5. The number of methoxy groups -OCH3 is 2. The Morgan fingerprint density at radius 2 is 1.71 bits per heavy atom. The molecule has 8 nitrogen and oxygen atoms in total. The topological polar surface area (TPSA) is 94.2 Å². The number of nitrogens with one attached hydrogen (secondary N) is 1. The van der Waals surface area contributed by atoms with E-state index >= 15 is 0 Å². The van der Waals surface area contributed by atoms with Gasteiger partial charge in [0.15, 0.2) is 18.1 Å². The van der Waals surface area contributed by atoms with Crippen molar-refractivity contribution in [2.75, 3.05) is 40.5 Å². The van der Waals surface area contributed by atoms with Gasteiger partial charge in [-0.1, -0.05) is 18.2 Å². The molecular weight excluding hydrogens is 420 g/mol. The van der Waals surface area contributed by atoms with Crippen molar-refractivity contribution in [2.24, 2.45) is 5.92 Å². The third-order valence-electron chi connectivity index (χ3n) is 5.30. The molecule has 0 atom stereocenters. The Hall–Kier alpha value is -2.78. The molecule has 0 radical (unpaired) electrons. The summed E-state index contributed by atoms with van der Waals surface area (Å²) in [4.78, 5) is 14.2. The number of piperidine rings is 1. The van der Waals surface area contributed by atoms with Gasteiger partial charge in [-0.2, -0.15) is 0 Å². The zero-order chi connectivity index (χ0) is 22.3. The molecule has 2 aromatic rings. The van der Waals surface area contributed by atoms with Crippen molar-refractivity contribution < 1.29 is 27.4 Å². The van der Waals surface area contributed by atoms with E-state index < -0.39 is 10.0 Å². The monoisotopic (exact) mass is 448 g/mol. The molecule has 1 aliphatic rings. The first-order valence-electron chi connectivity index (χ1n) is 10.1. The highest BCUT2D eigenvalue weighted by Crippen LogP contribution is 2.29. The molecule has 9 heteroatoms. The lowest BCUT2D eigenvalue weighted by molar-refractivity contribution is -0.134. The Labute approximate surface area is 183 Å². The van der Waals surface area contributed by atoms with E-state index in [1.165, 1.54) is 26.4 Å². The quantitative estimate of drug-likeness (QED) is 0.633. The molecule has 3 rings (SSSR count). The maximum Gasteiger partial charge on any atom is 0.260 e. The van der Waals surface area contributed by atoms with Gasteiger partial charge < -0.3 is 19.1 Å². The molecule has 1 N–H and O–H groups in total. The number of benzene rings is 2. The highest BCUT2D eigenvalue weighted by Gasteiger charge is 2.25. The van der Waals surface area contributed by atoms with E-state index in [0.717, 1.165) is 12.8 Å². The molecule has 0 unspecified atom stereocenters. The highest BCUT2D eigenvalue weighted by molar-refractivity contribution is 7.89. The summed E-state index contributed by atoms with van der Waals surface area (Å²) < 4.78 is 43.8. The molecule has 2 aromatic carbocycles. The van der Waals surface area contributed by atoms with Gasteiger partial charge in [0, 0.05) is 25.7 Å². The van der Waals surface area contributed by atoms with Gasteiger partial charge in [-0.25, -0.2) is 13.1 Å². The average Bonchev–Trinajstić information content (AvgIpc) is 2.81. The molecular formula is C22H28N2O6S. The Morgan fingerprint density at radius 3 is 2.35 bits per heavy atom. The van der Waals surface area contributed by atoms with Crippen molar-refractivity contribution in [1.29, 1.82) is 0 Å². The van der Waals surface area contributed by atoms with Gasteiger partial charge in [-0.05, 0) is 43.0 Å². The fraction of sp³-hybridized carbons (Fsp3) is 0.409. The minimum Gasteiger partial charge on any atom is -0.493 e. The molecule has 1 amide bonds. The van der Waals surface area contributed by atoms with Gasteiger partial charge in [0.1, 0.15) is 5.75 Å². The Balaban J connectivity index is 1.47. The van der Waals surface area contributed by atoms with E-state index in [9.17, 15) is 13.2 Å². The average molecular weight is 449 g/mol. The molecule has 31 heavy (non-hydrogen) atoms. The van der Waals surface area contributed by atoms with Crippen molar-refractivity contribution in [3.8, 4) is 17.2 Å². The van der Waals surface area contributed by atoms with E-state index in [-0.39, 0.29) is 23.3 Å². The molecule has 0 bridgehead atoms. The predicted octanol–water partition coefficient (Wildman–Crippen LogP) is 2.30. The van der Waals surface area contributed by atoms with Crippen molar-refractivity contribution in [3.63, 3.8) is 0 Å². The number of carbonyl (C=O) groups is 1. The summed E-state index contributed by atoms with van der Waals surface area (Å²) in [6, 6.07) is 13.7. The maximum atomic E-state index is 12.6. The van der Waals surface area contributed by atoms with Crippen molar-refractivity contribution in [3.05, 3.63) is 48.5 Å². The third kappa shape index (κ3) is 6.11. The molecule has 168 valence electrons. The molecule has 1 aliphatic heterocycles. The van der Waals surface area contributed by atoms with Crippen LogP contribution >= 0.6 is 0 Å². The van der Waals surface area contributed by atoms with Crippen LogP contribution in [0.15, 0.2) is 53.4 Å². The predicted molar refractivity (Wildman–Crippen MR) is 116 cm³/mol. The number of hydrogen-bond acceptors (Lipinski definition) is 6. The summed E-state index contributed by atoms with van der Waals surface area (Å²) in [7, 11) is -0.717. The van der Waals surface area contributed by atoms with Crippen LogP contribution in [0, 0.1) is 5.92 Å². The van der Waals surface area contributed by atoms with Crippen molar-refractivity contribution >= 4 is 15.9 Å². The third-order valence-corrected chi connectivity index (χ3v) is 6.72. The first-order valence-corrected chi connectivity index (χ1v) is 11.6. The summed E-state index contributed by atoms with van der Waals surface area (Å²) in [5.41, 5.74) is 0. The minimum absolute atomic E-state index is 0.000607. The van der Waals surface area contributed by atoms with Crippen LogP contribution in [-0.4, -0.2) is 59.7 Å². The van der Waals surface area contributed by atoms with E-state index in [1.54, 1.807) is 11.0 Å². The summed E-state index contributed by atoms with van der Waals surface area (Å²) in [5.74, 6) is 1.59. The number of likely N-dealkylation sites (tertiary alicyclic amines) is 1. The van der Waals surface area contributed by atoms with Gasteiger partial charge in [0.25, 0.3) is 5.91 Å². The largest absolute Gasteiger partial charge is 0.493 e. The van der Waals surface area contributed by atoms with Crippen LogP contribution in [0.2, 0.25) is 0 Å². The molecule has 1 fully saturated rings. The number of sulfonamides is 1. The first-order chi connectivity index (χ1) is 14.9. The van der Waals surface area contributed by atoms with E-state index in [2.05, 4.69) is 4.72 Å². The standard InChI is InChI=1S/C22H28N2O6S/c1-28-20-9-8-19(14-21(20)29-2)31(26,27)23-15-17-10-12-24(13-11-17)22(25)16-30-18-6-4-3-5-7-18/h3-9,14,17,23H,10-13,15-16H2,1-2H3.